The second kappa shape index (κ2) is 9.37. The van der Waals surface area contributed by atoms with Crippen LogP contribution in [0.25, 0.3) is 11.4 Å². The zero-order valence-electron chi connectivity index (χ0n) is 14.5. The maximum absolute atomic E-state index is 12.3. The number of carbonyl (C=O) groups is 1. The van der Waals surface area contributed by atoms with Gasteiger partial charge < -0.3 is 9.88 Å². The van der Waals surface area contributed by atoms with Crippen LogP contribution in [0, 0.1) is 0 Å². The molecule has 3 rings (SSSR count). The minimum atomic E-state index is -0.231. The van der Waals surface area contributed by atoms with E-state index in [9.17, 15) is 4.79 Å². The smallest absolute Gasteiger partial charge is 0.234 e. The van der Waals surface area contributed by atoms with E-state index in [4.69, 9.17) is 46.4 Å². The third-order valence-corrected chi connectivity index (χ3v) is 6.10. The molecule has 3 aromatic rings. The largest absolute Gasteiger partial charge is 0.324 e. The first kappa shape index (κ1) is 21.3. The Bertz CT molecular complexity index is 1020. The maximum atomic E-state index is 12.3. The van der Waals surface area contributed by atoms with Gasteiger partial charge >= 0.3 is 0 Å². The number of thioether (sulfide) groups is 1. The number of nitrogens with zero attached hydrogens (tertiary/aromatic N) is 3. The van der Waals surface area contributed by atoms with Crippen LogP contribution in [0.3, 0.4) is 0 Å². The summed E-state index contributed by atoms with van der Waals surface area (Å²) in [6.45, 7) is 2.58. The number of amides is 1. The molecule has 0 aliphatic carbocycles. The number of carbonyl (C=O) groups excluding carboxylic acids is 1. The van der Waals surface area contributed by atoms with Crippen LogP contribution < -0.4 is 5.32 Å². The van der Waals surface area contributed by atoms with Crippen molar-refractivity contribution in [3.63, 3.8) is 0 Å². The third-order valence-electron chi connectivity index (χ3n) is 3.76. The van der Waals surface area contributed by atoms with Crippen LogP contribution in [0.2, 0.25) is 20.1 Å². The Kier molecular flexibility index (Phi) is 7.12. The van der Waals surface area contributed by atoms with E-state index in [1.807, 2.05) is 11.5 Å². The lowest BCUT2D eigenvalue weighted by molar-refractivity contribution is -0.113. The van der Waals surface area contributed by atoms with Crippen LogP contribution >= 0.6 is 58.2 Å². The lowest BCUT2D eigenvalue weighted by Gasteiger charge is -2.10. The molecule has 1 N–H and O–H groups in total. The molecular formula is C18H14Cl4N4OS. The number of halogens is 4. The molecule has 0 fully saturated rings. The van der Waals surface area contributed by atoms with Crippen molar-refractivity contribution in [1.82, 2.24) is 14.8 Å². The van der Waals surface area contributed by atoms with Gasteiger partial charge in [-0.1, -0.05) is 64.2 Å². The van der Waals surface area contributed by atoms with E-state index in [0.717, 1.165) is 5.56 Å². The Morgan fingerprint density at radius 3 is 2.61 bits per heavy atom. The molecule has 0 atom stereocenters. The second-order valence-corrected chi connectivity index (χ2v) is 8.18. The number of nitrogens with one attached hydrogen (secondary N) is 1. The van der Waals surface area contributed by atoms with E-state index in [1.165, 1.54) is 11.8 Å². The van der Waals surface area contributed by atoms with E-state index in [1.54, 1.807) is 36.4 Å². The molecule has 0 saturated heterocycles. The van der Waals surface area contributed by atoms with Gasteiger partial charge in [0.05, 0.1) is 26.5 Å². The van der Waals surface area contributed by atoms with Gasteiger partial charge in [0.15, 0.2) is 11.0 Å². The molecule has 0 bridgehead atoms. The zero-order valence-corrected chi connectivity index (χ0v) is 18.4. The summed E-state index contributed by atoms with van der Waals surface area (Å²) in [7, 11) is 0. The molecule has 2 aromatic carbocycles. The van der Waals surface area contributed by atoms with Crippen LogP contribution in [0.4, 0.5) is 5.69 Å². The number of hydrogen-bond donors (Lipinski definition) is 1. The van der Waals surface area contributed by atoms with Crippen molar-refractivity contribution < 1.29 is 4.79 Å². The van der Waals surface area contributed by atoms with Crippen LogP contribution in [-0.2, 0) is 11.3 Å². The predicted molar refractivity (Wildman–Crippen MR) is 117 cm³/mol. The Hall–Kier alpha value is -1.44. The summed E-state index contributed by atoms with van der Waals surface area (Å²) in [5.41, 5.74) is 1.19. The fraction of sp³-hybridized carbons (Fsp3) is 0.167. The molecule has 5 nitrogen and oxygen atoms in total. The van der Waals surface area contributed by atoms with Crippen molar-refractivity contribution >= 4 is 69.8 Å². The first-order chi connectivity index (χ1) is 13.4. The van der Waals surface area contributed by atoms with Crippen molar-refractivity contribution in [3.05, 3.63) is 56.5 Å². The highest BCUT2D eigenvalue weighted by molar-refractivity contribution is 7.99. The number of rotatable bonds is 6. The van der Waals surface area contributed by atoms with Crippen molar-refractivity contribution in [2.75, 3.05) is 11.1 Å². The maximum Gasteiger partial charge on any atom is 0.234 e. The molecule has 0 spiro atoms. The topological polar surface area (TPSA) is 59.8 Å². The molecule has 0 aliphatic heterocycles. The lowest BCUT2D eigenvalue weighted by atomic mass is 10.2. The monoisotopic (exact) mass is 474 g/mol. The quantitative estimate of drug-likeness (QED) is 0.424. The zero-order chi connectivity index (χ0) is 20.3. The highest BCUT2D eigenvalue weighted by Crippen LogP contribution is 2.32. The van der Waals surface area contributed by atoms with Gasteiger partial charge in [0.25, 0.3) is 0 Å². The van der Waals surface area contributed by atoms with E-state index >= 15 is 0 Å². The van der Waals surface area contributed by atoms with Crippen LogP contribution in [0.1, 0.15) is 6.92 Å². The highest BCUT2D eigenvalue weighted by atomic mass is 35.5. The highest BCUT2D eigenvalue weighted by Gasteiger charge is 2.17. The van der Waals surface area contributed by atoms with E-state index < -0.39 is 0 Å². The number of aromatic nitrogens is 3. The number of hydrogen-bond acceptors (Lipinski definition) is 4. The lowest BCUT2D eigenvalue weighted by Crippen LogP contribution is -2.15. The summed E-state index contributed by atoms with van der Waals surface area (Å²) in [6.07, 6.45) is 0. The van der Waals surface area contributed by atoms with Crippen LogP contribution in [0.15, 0.2) is 41.6 Å². The van der Waals surface area contributed by atoms with Crippen LogP contribution in [0.5, 0.6) is 0 Å². The minimum absolute atomic E-state index is 0.134. The standard InChI is InChI=1S/C18H14Cl4N4OS/c1-2-26-17(11-7-6-10(19)8-13(11)21)24-25-18(26)28-9-15(27)23-14-5-3-4-12(20)16(14)22/h3-8H,2,9H2,1H3,(H,23,27). The Morgan fingerprint density at radius 1 is 1.11 bits per heavy atom. The molecule has 1 amide bonds. The Balaban J connectivity index is 1.74. The minimum Gasteiger partial charge on any atom is -0.324 e. The summed E-state index contributed by atoms with van der Waals surface area (Å²) in [4.78, 5) is 12.3. The third kappa shape index (κ3) is 4.75. The summed E-state index contributed by atoms with van der Waals surface area (Å²) in [5.74, 6) is 0.519. The van der Waals surface area contributed by atoms with E-state index in [-0.39, 0.29) is 11.7 Å². The fourth-order valence-corrected chi connectivity index (χ4v) is 4.11. The number of benzene rings is 2. The van der Waals surface area contributed by atoms with Gasteiger partial charge in [-0.3, -0.25) is 4.79 Å². The first-order valence-electron chi connectivity index (χ1n) is 8.16. The van der Waals surface area contributed by atoms with Gasteiger partial charge in [0.2, 0.25) is 5.91 Å². The average molecular weight is 476 g/mol. The van der Waals surface area contributed by atoms with Gasteiger partial charge in [-0.2, -0.15) is 0 Å². The van der Waals surface area contributed by atoms with Crippen LogP contribution in [-0.4, -0.2) is 26.4 Å². The summed E-state index contributed by atoms with van der Waals surface area (Å²) in [5, 5.41) is 13.5. The molecule has 0 aliphatic rings. The van der Waals surface area contributed by atoms with Crippen molar-refractivity contribution in [3.8, 4) is 11.4 Å². The molecule has 0 radical (unpaired) electrons. The number of anilines is 1. The van der Waals surface area contributed by atoms with Crippen molar-refractivity contribution in [1.29, 1.82) is 0 Å². The van der Waals surface area contributed by atoms with Gasteiger partial charge in [0.1, 0.15) is 0 Å². The van der Waals surface area contributed by atoms with E-state index in [2.05, 4.69) is 15.5 Å². The molecule has 146 valence electrons. The molecule has 0 unspecified atom stereocenters. The SMILES string of the molecule is CCn1c(SCC(=O)Nc2cccc(Cl)c2Cl)nnc1-c1ccc(Cl)cc1Cl. The normalized spacial score (nSPS) is 10.9. The summed E-state index contributed by atoms with van der Waals surface area (Å²) >= 11 is 25.6. The summed E-state index contributed by atoms with van der Waals surface area (Å²) in [6, 6.07) is 10.2. The molecule has 1 aromatic heterocycles. The predicted octanol–water partition coefficient (Wildman–Crippen LogP) is 6.31. The molecule has 0 saturated carbocycles. The molecule has 10 heteroatoms. The average Bonchev–Trinajstić information content (AvgIpc) is 3.06. The summed E-state index contributed by atoms with van der Waals surface area (Å²) < 4.78 is 1.89. The van der Waals surface area contributed by atoms with Gasteiger partial charge in [0, 0.05) is 17.1 Å². The fourth-order valence-electron chi connectivity index (χ4n) is 2.47. The Morgan fingerprint density at radius 2 is 1.89 bits per heavy atom. The van der Waals surface area contributed by atoms with Crippen molar-refractivity contribution in [2.24, 2.45) is 0 Å². The van der Waals surface area contributed by atoms with Crippen molar-refractivity contribution in [2.45, 2.75) is 18.6 Å². The van der Waals surface area contributed by atoms with E-state index in [0.29, 0.717) is 43.3 Å². The molecule has 28 heavy (non-hydrogen) atoms. The molecule has 1 heterocycles. The first-order valence-corrected chi connectivity index (χ1v) is 10.7. The second-order valence-electron chi connectivity index (χ2n) is 5.61. The Labute approximate surface area is 186 Å². The van der Waals surface area contributed by atoms with Gasteiger partial charge in [-0.05, 0) is 37.3 Å². The van der Waals surface area contributed by atoms with Gasteiger partial charge in [-0.15, -0.1) is 10.2 Å². The van der Waals surface area contributed by atoms with Gasteiger partial charge in [-0.25, -0.2) is 0 Å². The molecular weight excluding hydrogens is 462 g/mol.